The normalized spacial score (nSPS) is 10.7. The quantitative estimate of drug-likeness (QED) is 0.505. The van der Waals surface area contributed by atoms with Crippen LogP contribution in [0.15, 0.2) is 43.0 Å². The van der Waals surface area contributed by atoms with Crippen molar-refractivity contribution < 1.29 is 0 Å². The van der Waals surface area contributed by atoms with Gasteiger partial charge in [0.25, 0.3) is 0 Å². The Bertz CT molecular complexity index is 810. The van der Waals surface area contributed by atoms with E-state index in [1.54, 1.807) is 35.2 Å². The first-order valence-corrected chi connectivity index (χ1v) is 7.05. The van der Waals surface area contributed by atoms with Gasteiger partial charge in [0.2, 0.25) is 0 Å². The van der Waals surface area contributed by atoms with E-state index >= 15 is 0 Å². The Labute approximate surface area is 136 Å². The van der Waals surface area contributed by atoms with E-state index in [1.807, 2.05) is 6.20 Å². The maximum atomic E-state index is 6.01. The van der Waals surface area contributed by atoms with Crippen LogP contribution in [-0.2, 0) is 0 Å². The lowest BCUT2D eigenvalue weighted by Crippen LogP contribution is -2.09. The zero-order valence-electron chi connectivity index (χ0n) is 11.3. The average molecular weight is 335 g/mol. The molecule has 0 atom stereocenters. The van der Waals surface area contributed by atoms with Gasteiger partial charge >= 0.3 is 0 Å². The number of nitrogens with two attached hydrogens (primary N) is 2. The molecule has 0 aliphatic carbocycles. The van der Waals surface area contributed by atoms with E-state index in [9.17, 15) is 0 Å². The van der Waals surface area contributed by atoms with Crippen molar-refractivity contribution >= 4 is 34.6 Å². The van der Waals surface area contributed by atoms with Crippen molar-refractivity contribution in [3.05, 3.63) is 53.0 Å². The fourth-order valence-corrected chi connectivity index (χ4v) is 2.53. The molecule has 112 valence electrons. The molecule has 2 heterocycles. The van der Waals surface area contributed by atoms with E-state index in [4.69, 9.17) is 34.8 Å². The highest BCUT2D eigenvalue weighted by Gasteiger charge is 2.08. The summed E-state index contributed by atoms with van der Waals surface area (Å²) in [5.74, 6) is 5.41. The minimum absolute atomic E-state index is 0.465. The van der Waals surface area contributed by atoms with Crippen molar-refractivity contribution in [1.82, 2.24) is 14.5 Å². The van der Waals surface area contributed by atoms with Crippen molar-refractivity contribution in [3.63, 3.8) is 0 Å². The summed E-state index contributed by atoms with van der Waals surface area (Å²) in [6, 6.07) is 6.99. The maximum Gasteiger partial charge on any atom is 0.107 e. The Morgan fingerprint density at radius 1 is 1.00 bits per heavy atom. The van der Waals surface area contributed by atoms with Crippen LogP contribution in [0.4, 0.5) is 11.4 Å². The smallest absolute Gasteiger partial charge is 0.107 e. The van der Waals surface area contributed by atoms with Gasteiger partial charge in [-0.3, -0.25) is 10.8 Å². The average Bonchev–Trinajstić information content (AvgIpc) is 2.96. The molecule has 2 aromatic heterocycles. The predicted octanol–water partition coefficient (Wildman–Crippen LogP) is 3.11. The van der Waals surface area contributed by atoms with Crippen molar-refractivity contribution in [3.8, 4) is 17.1 Å². The van der Waals surface area contributed by atoms with Crippen LogP contribution in [0.25, 0.3) is 17.1 Å². The second kappa shape index (κ2) is 5.84. The summed E-state index contributed by atoms with van der Waals surface area (Å²) < 4.78 is 1.81. The number of hydrogen-bond donors (Lipinski definition) is 3. The molecular weight excluding hydrogens is 323 g/mol. The molecule has 0 amide bonds. The Kier molecular flexibility index (Phi) is 3.89. The van der Waals surface area contributed by atoms with Crippen molar-refractivity contribution in [2.45, 2.75) is 0 Å². The fraction of sp³-hybridized carbons (Fsp3) is 0. The second-order valence-corrected chi connectivity index (χ2v) is 5.47. The number of hydrazine groups is 1. The molecule has 22 heavy (non-hydrogen) atoms. The summed E-state index contributed by atoms with van der Waals surface area (Å²) in [6.45, 7) is 0. The minimum Gasteiger partial charge on any atom is -0.396 e. The van der Waals surface area contributed by atoms with Gasteiger partial charge in [-0.1, -0.05) is 23.2 Å². The number of anilines is 2. The van der Waals surface area contributed by atoms with E-state index < -0.39 is 0 Å². The number of benzene rings is 1. The van der Waals surface area contributed by atoms with Gasteiger partial charge in [0.05, 0.1) is 29.6 Å². The zero-order valence-corrected chi connectivity index (χ0v) is 12.8. The molecule has 0 saturated carbocycles. The summed E-state index contributed by atoms with van der Waals surface area (Å²) in [4.78, 5) is 8.58. The fourth-order valence-electron chi connectivity index (χ4n) is 2.02. The standard InChI is InChI=1S/C14H12Cl2N6/c15-8-1-9(16)3-10(2-8)22-6-14(20-7-22)13-4-12(21-18)11(17)5-19-13/h1-7H,17-18H2,(H,19,21). The largest absolute Gasteiger partial charge is 0.396 e. The van der Waals surface area contributed by atoms with Gasteiger partial charge in [-0.2, -0.15) is 0 Å². The first-order valence-electron chi connectivity index (χ1n) is 6.30. The molecule has 0 aliphatic rings. The van der Waals surface area contributed by atoms with Crippen LogP contribution in [-0.4, -0.2) is 14.5 Å². The Morgan fingerprint density at radius 3 is 2.41 bits per heavy atom. The Balaban J connectivity index is 2.00. The molecule has 5 N–H and O–H groups in total. The lowest BCUT2D eigenvalue weighted by Gasteiger charge is -2.05. The maximum absolute atomic E-state index is 6.01. The van der Waals surface area contributed by atoms with Crippen LogP contribution in [0, 0.1) is 0 Å². The number of hydrogen-bond acceptors (Lipinski definition) is 5. The van der Waals surface area contributed by atoms with Crippen LogP contribution in [0.1, 0.15) is 0 Å². The summed E-state index contributed by atoms with van der Waals surface area (Å²) in [5.41, 5.74) is 11.5. The Morgan fingerprint density at radius 2 is 1.73 bits per heavy atom. The number of nitrogens with zero attached hydrogens (tertiary/aromatic N) is 3. The van der Waals surface area contributed by atoms with E-state index in [0.29, 0.717) is 32.8 Å². The van der Waals surface area contributed by atoms with Crippen LogP contribution < -0.4 is 17.0 Å². The molecule has 3 aromatic rings. The molecule has 8 heteroatoms. The first-order chi connectivity index (χ1) is 10.6. The van der Waals surface area contributed by atoms with Crippen LogP contribution in [0.2, 0.25) is 10.0 Å². The lowest BCUT2D eigenvalue weighted by atomic mass is 10.2. The monoisotopic (exact) mass is 334 g/mol. The Hall–Kier alpha value is -2.28. The predicted molar refractivity (Wildman–Crippen MR) is 89.0 cm³/mol. The number of pyridine rings is 1. The second-order valence-electron chi connectivity index (χ2n) is 4.59. The van der Waals surface area contributed by atoms with Crippen molar-refractivity contribution in [2.75, 3.05) is 11.2 Å². The molecule has 6 nitrogen and oxygen atoms in total. The number of aromatic nitrogens is 3. The zero-order chi connectivity index (χ0) is 15.7. The first kappa shape index (κ1) is 14.6. The van der Waals surface area contributed by atoms with Crippen LogP contribution >= 0.6 is 23.2 Å². The third kappa shape index (κ3) is 2.85. The summed E-state index contributed by atoms with van der Waals surface area (Å²) >= 11 is 12.0. The van der Waals surface area contributed by atoms with E-state index in [2.05, 4.69) is 15.4 Å². The van der Waals surface area contributed by atoms with E-state index in [0.717, 1.165) is 5.69 Å². The molecule has 0 saturated heterocycles. The third-order valence-corrected chi connectivity index (χ3v) is 3.52. The topological polar surface area (TPSA) is 94.8 Å². The third-order valence-electron chi connectivity index (χ3n) is 3.08. The van der Waals surface area contributed by atoms with Gasteiger partial charge in [0.15, 0.2) is 0 Å². The molecular formula is C14H12Cl2N6. The van der Waals surface area contributed by atoms with Gasteiger partial charge in [-0.15, -0.1) is 0 Å². The van der Waals surface area contributed by atoms with Gasteiger partial charge in [-0.25, -0.2) is 4.98 Å². The van der Waals surface area contributed by atoms with Gasteiger partial charge in [0, 0.05) is 21.9 Å². The van der Waals surface area contributed by atoms with Gasteiger partial charge < -0.3 is 15.7 Å². The molecule has 0 aliphatic heterocycles. The van der Waals surface area contributed by atoms with Crippen molar-refractivity contribution in [1.29, 1.82) is 0 Å². The van der Waals surface area contributed by atoms with Crippen LogP contribution in [0.5, 0.6) is 0 Å². The molecule has 0 radical (unpaired) electrons. The highest BCUT2D eigenvalue weighted by molar-refractivity contribution is 6.34. The lowest BCUT2D eigenvalue weighted by molar-refractivity contribution is 1.06. The molecule has 0 spiro atoms. The SMILES string of the molecule is NNc1cc(-c2cn(-c3cc(Cl)cc(Cl)c3)cn2)ncc1N. The molecule has 0 bridgehead atoms. The minimum atomic E-state index is 0.465. The van der Waals surface area contributed by atoms with E-state index in [1.165, 1.54) is 6.20 Å². The number of imidazole rings is 1. The molecule has 3 rings (SSSR count). The van der Waals surface area contributed by atoms with Crippen molar-refractivity contribution in [2.24, 2.45) is 5.84 Å². The van der Waals surface area contributed by atoms with Gasteiger partial charge in [-0.05, 0) is 24.3 Å². The highest BCUT2D eigenvalue weighted by atomic mass is 35.5. The van der Waals surface area contributed by atoms with E-state index in [-0.39, 0.29) is 0 Å². The number of halogens is 2. The summed E-state index contributed by atoms with van der Waals surface area (Å²) in [6.07, 6.45) is 5.01. The van der Waals surface area contributed by atoms with Gasteiger partial charge in [0.1, 0.15) is 5.69 Å². The van der Waals surface area contributed by atoms with Crippen LogP contribution in [0.3, 0.4) is 0 Å². The number of rotatable bonds is 3. The molecule has 0 fully saturated rings. The number of nitrogen functional groups attached to an aromatic ring is 2. The summed E-state index contributed by atoms with van der Waals surface area (Å²) in [5, 5.41) is 1.11. The highest BCUT2D eigenvalue weighted by Crippen LogP contribution is 2.25. The molecule has 0 unspecified atom stereocenters. The number of nitrogens with one attached hydrogen (secondary N) is 1. The molecule has 1 aromatic carbocycles. The summed E-state index contributed by atoms with van der Waals surface area (Å²) in [7, 11) is 0.